The number of hydrogen-bond acceptors (Lipinski definition) is 6. The molecule has 0 aliphatic heterocycles. The van der Waals surface area contributed by atoms with Gasteiger partial charge < -0.3 is 15.0 Å². The third-order valence-electron chi connectivity index (χ3n) is 3.86. The number of rotatable bonds is 9. The van der Waals surface area contributed by atoms with E-state index in [1.807, 2.05) is 49.9 Å². The molecule has 0 fully saturated rings. The lowest BCUT2D eigenvalue weighted by Crippen LogP contribution is -2.35. The highest BCUT2D eigenvalue weighted by atomic mass is 19.3. The van der Waals surface area contributed by atoms with Gasteiger partial charge >= 0.3 is 6.01 Å². The molecular formula is C18H24F3N5O. The van der Waals surface area contributed by atoms with Crippen molar-refractivity contribution in [3.63, 3.8) is 0 Å². The second-order valence-corrected chi connectivity index (χ2v) is 6.28. The molecular weight excluding hydrogens is 359 g/mol. The average Bonchev–Trinajstić information content (AvgIpc) is 2.61. The second-order valence-electron chi connectivity index (χ2n) is 6.28. The Morgan fingerprint density at radius 1 is 1.19 bits per heavy atom. The van der Waals surface area contributed by atoms with Gasteiger partial charge in [0.05, 0.1) is 0 Å². The molecule has 148 valence electrons. The smallest absolute Gasteiger partial charge is 0.323 e. The van der Waals surface area contributed by atoms with Crippen molar-refractivity contribution in [2.45, 2.75) is 39.8 Å². The van der Waals surface area contributed by atoms with Crippen LogP contribution in [0, 0.1) is 6.92 Å². The zero-order valence-electron chi connectivity index (χ0n) is 15.8. The van der Waals surface area contributed by atoms with Crippen LogP contribution in [-0.2, 0) is 0 Å². The van der Waals surface area contributed by atoms with E-state index in [2.05, 4.69) is 20.3 Å². The minimum atomic E-state index is -3.17. The van der Waals surface area contributed by atoms with Crippen molar-refractivity contribution in [3.05, 3.63) is 29.8 Å². The van der Waals surface area contributed by atoms with Crippen molar-refractivity contribution in [2.75, 3.05) is 29.9 Å². The lowest BCUT2D eigenvalue weighted by Gasteiger charge is -2.21. The topological polar surface area (TPSA) is 63.2 Å². The fourth-order valence-electron chi connectivity index (χ4n) is 2.23. The first kappa shape index (κ1) is 20.7. The number of hydrogen-bond donors (Lipinski definition) is 1. The zero-order valence-corrected chi connectivity index (χ0v) is 15.8. The third kappa shape index (κ3) is 5.70. The summed E-state index contributed by atoms with van der Waals surface area (Å²) in [5, 5.41) is 3.04. The van der Waals surface area contributed by atoms with Crippen LogP contribution in [0.5, 0.6) is 6.01 Å². The molecule has 0 saturated carbocycles. The van der Waals surface area contributed by atoms with Crippen LogP contribution in [0.2, 0.25) is 0 Å². The number of halogens is 3. The standard InChI is InChI=1S/C18H24F3N5O/c1-5-26(6-2)16-23-15(22-13-9-7-8-12(3)10-13)24-17(25-16)27-11-18(4,21)14(19)20/h7-10,14H,5-6,11H2,1-4H3,(H,22,23,24,25). The Balaban J connectivity index is 2.30. The number of aromatic nitrogens is 3. The molecule has 1 aromatic carbocycles. The third-order valence-corrected chi connectivity index (χ3v) is 3.86. The SMILES string of the molecule is CCN(CC)c1nc(Nc2cccc(C)c2)nc(OCC(C)(F)C(F)F)n1. The van der Waals surface area contributed by atoms with E-state index in [-0.39, 0.29) is 12.0 Å². The fraction of sp³-hybridized carbons (Fsp3) is 0.500. The molecule has 0 aliphatic carbocycles. The summed E-state index contributed by atoms with van der Waals surface area (Å²) in [4.78, 5) is 14.4. The molecule has 0 spiro atoms. The maximum absolute atomic E-state index is 13.8. The molecule has 1 aromatic heterocycles. The normalized spacial score (nSPS) is 13.3. The molecule has 9 heteroatoms. The molecule has 0 bridgehead atoms. The molecule has 1 atom stereocenters. The molecule has 1 unspecified atom stereocenters. The van der Waals surface area contributed by atoms with Gasteiger partial charge in [0.1, 0.15) is 6.61 Å². The first-order valence-corrected chi connectivity index (χ1v) is 8.69. The van der Waals surface area contributed by atoms with E-state index in [1.54, 1.807) is 0 Å². The van der Waals surface area contributed by atoms with Crippen LogP contribution < -0.4 is 15.0 Å². The number of alkyl halides is 3. The van der Waals surface area contributed by atoms with E-state index in [0.717, 1.165) is 18.2 Å². The molecule has 2 rings (SSSR count). The summed E-state index contributed by atoms with van der Waals surface area (Å²) in [6.45, 7) is 6.96. The van der Waals surface area contributed by atoms with E-state index in [4.69, 9.17) is 4.74 Å². The van der Waals surface area contributed by atoms with Crippen molar-refractivity contribution in [1.29, 1.82) is 0 Å². The molecule has 0 amide bonds. The van der Waals surface area contributed by atoms with Crippen LogP contribution in [0.25, 0.3) is 0 Å². The summed E-state index contributed by atoms with van der Waals surface area (Å²) in [5.74, 6) is 0.503. The first-order chi connectivity index (χ1) is 12.7. The minimum absolute atomic E-state index is 0.185. The number of benzene rings is 1. The Morgan fingerprint density at radius 2 is 1.89 bits per heavy atom. The highest BCUT2D eigenvalue weighted by molar-refractivity contribution is 5.55. The average molecular weight is 383 g/mol. The Kier molecular flexibility index (Phi) is 6.81. The number of aryl methyl sites for hydroxylation is 1. The largest absolute Gasteiger partial charge is 0.460 e. The maximum Gasteiger partial charge on any atom is 0.323 e. The monoisotopic (exact) mass is 383 g/mol. The quantitative estimate of drug-likeness (QED) is 0.702. The van der Waals surface area contributed by atoms with E-state index in [9.17, 15) is 13.2 Å². The lowest BCUT2D eigenvalue weighted by atomic mass is 10.2. The predicted octanol–water partition coefficient (Wildman–Crippen LogP) is 4.14. The summed E-state index contributed by atoms with van der Waals surface area (Å²) < 4.78 is 44.4. The number of nitrogens with zero attached hydrogens (tertiary/aromatic N) is 4. The Morgan fingerprint density at radius 3 is 2.48 bits per heavy atom. The predicted molar refractivity (Wildman–Crippen MR) is 98.9 cm³/mol. The number of anilines is 3. The van der Waals surface area contributed by atoms with Crippen molar-refractivity contribution in [1.82, 2.24) is 15.0 Å². The number of ether oxygens (including phenoxy) is 1. The van der Waals surface area contributed by atoms with Crippen LogP contribution in [-0.4, -0.2) is 46.7 Å². The maximum atomic E-state index is 13.8. The highest BCUT2D eigenvalue weighted by Gasteiger charge is 2.36. The van der Waals surface area contributed by atoms with Crippen LogP contribution in [0.1, 0.15) is 26.3 Å². The zero-order chi connectivity index (χ0) is 20.0. The summed E-state index contributed by atoms with van der Waals surface area (Å²) in [5.41, 5.74) is -1.01. The van der Waals surface area contributed by atoms with Crippen LogP contribution in [0.15, 0.2) is 24.3 Å². The van der Waals surface area contributed by atoms with Gasteiger partial charge in [-0.1, -0.05) is 12.1 Å². The van der Waals surface area contributed by atoms with Gasteiger partial charge in [0.15, 0.2) is 0 Å². The van der Waals surface area contributed by atoms with Gasteiger partial charge in [-0.2, -0.15) is 15.0 Å². The van der Waals surface area contributed by atoms with E-state index in [1.165, 1.54) is 0 Å². The molecule has 2 aromatic rings. The van der Waals surface area contributed by atoms with Crippen LogP contribution >= 0.6 is 0 Å². The van der Waals surface area contributed by atoms with Gasteiger partial charge in [0, 0.05) is 18.8 Å². The molecule has 6 nitrogen and oxygen atoms in total. The first-order valence-electron chi connectivity index (χ1n) is 8.69. The van der Waals surface area contributed by atoms with Gasteiger partial charge in [-0.15, -0.1) is 0 Å². The molecule has 0 saturated heterocycles. The van der Waals surface area contributed by atoms with Crippen molar-refractivity contribution < 1.29 is 17.9 Å². The van der Waals surface area contributed by atoms with Crippen LogP contribution in [0.4, 0.5) is 30.8 Å². The van der Waals surface area contributed by atoms with E-state index >= 15 is 0 Å². The molecule has 0 radical (unpaired) electrons. The fourth-order valence-corrected chi connectivity index (χ4v) is 2.23. The van der Waals surface area contributed by atoms with Crippen molar-refractivity contribution >= 4 is 17.6 Å². The summed E-state index contributed by atoms with van der Waals surface area (Å²) in [6.07, 6.45) is -3.17. The summed E-state index contributed by atoms with van der Waals surface area (Å²) in [6, 6.07) is 7.34. The molecule has 27 heavy (non-hydrogen) atoms. The van der Waals surface area contributed by atoms with Crippen molar-refractivity contribution in [3.8, 4) is 6.01 Å². The van der Waals surface area contributed by atoms with E-state index in [0.29, 0.717) is 19.0 Å². The van der Waals surface area contributed by atoms with Crippen LogP contribution in [0.3, 0.4) is 0 Å². The Bertz CT molecular complexity index is 754. The molecule has 1 heterocycles. The highest BCUT2D eigenvalue weighted by Crippen LogP contribution is 2.23. The minimum Gasteiger partial charge on any atom is -0.460 e. The molecule has 1 N–H and O–H groups in total. The van der Waals surface area contributed by atoms with Gasteiger partial charge in [0.2, 0.25) is 17.6 Å². The van der Waals surface area contributed by atoms with Gasteiger partial charge in [-0.25, -0.2) is 13.2 Å². The molecule has 0 aliphatic rings. The summed E-state index contributed by atoms with van der Waals surface area (Å²) in [7, 11) is 0. The Hall–Kier alpha value is -2.58. The van der Waals surface area contributed by atoms with Crippen molar-refractivity contribution in [2.24, 2.45) is 0 Å². The number of nitrogens with one attached hydrogen (secondary N) is 1. The lowest BCUT2D eigenvalue weighted by molar-refractivity contribution is -0.0498. The summed E-state index contributed by atoms with van der Waals surface area (Å²) >= 11 is 0. The van der Waals surface area contributed by atoms with Gasteiger partial charge in [-0.05, 0) is 45.4 Å². The van der Waals surface area contributed by atoms with E-state index < -0.39 is 18.7 Å². The second kappa shape index (κ2) is 8.88. The van der Waals surface area contributed by atoms with Gasteiger partial charge in [0.25, 0.3) is 6.43 Å². The van der Waals surface area contributed by atoms with Gasteiger partial charge in [-0.3, -0.25) is 0 Å². The Labute approximate surface area is 156 Å².